The number of aromatic nitrogens is 2. The number of hydrogen-bond donors (Lipinski definition) is 0. The van der Waals surface area contributed by atoms with E-state index in [9.17, 15) is 4.79 Å². The van der Waals surface area contributed by atoms with Crippen LogP contribution in [0.5, 0.6) is 0 Å². The molecular weight excluding hydrogens is 314 g/mol. The van der Waals surface area contributed by atoms with Crippen molar-refractivity contribution in [3.8, 4) is 0 Å². The Balaban J connectivity index is 1.90. The van der Waals surface area contributed by atoms with Gasteiger partial charge in [-0.3, -0.25) is 4.79 Å². The Morgan fingerprint density at radius 3 is 2.73 bits per heavy atom. The summed E-state index contributed by atoms with van der Waals surface area (Å²) in [5.41, 5.74) is 0.896. The van der Waals surface area contributed by atoms with E-state index >= 15 is 0 Å². The lowest BCUT2D eigenvalue weighted by molar-refractivity contribution is 0.102. The number of rotatable bonds is 5. The second kappa shape index (κ2) is 6.46. The molecule has 3 rings (SSSR count). The zero-order valence-electron chi connectivity index (χ0n) is 12.3. The van der Waals surface area contributed by atoms with E-state index in [0.717, 1.165) is 20.8 Å². The molecule has 4 nitrogen and oxygen atoms in total. The highest BCUT2D eigenvalue weighted by molar-refractivity contribution is 8.00. The second-order valence-electron chi connectivity index (χ2n) is 4.93. The number of fused-ring (bicyclic) bond motifs is 1. The van der Waals surface area contributed by atoms with E-state index in [0.29, 0.717) is 11.7 Å². The molecule has 0 saturated carbocycles. The Morgan fingerprint density at radius 2 is 2.00 bits per heavy atom. The molecule has 2 aromatic heterocycles. The minimum Gasteiger partial charge on any atom is -0.347 e. The van der Waals surface area contributed by atoms with Gasteiger partial charge in [-0.1, -0.05) is 36.0 Å². The summed E-state index contributed by atoms with van der Waals surface area (Å²) in [4.78, 5) is 23.9. The van der Waals surface area contributed by atoms with Crippen molar-refractivity contribution >= 4 is 45.7 Å². The van der Waals surface area contributed by atoms with Crippen LogP contribution >= 0.6 is 23.1 Å². The number of nitrogens with zero attached hydrogens (tertiary/aromatic N) is 3. The van der Waals surface area contributed by atoms with Gasteiger partial charge in [0.15, 0.2) is 5.78 Å². The summed E-state index contributed by atoms with van der Waals surface area (Å²) in [5.74, 6) is 1.17. The van der Waals surface area contributed by atoms with E-state index in [1.54, 1.807) is 0 Å². The third kappa shape index (κ3) is 3.13. The smallest absolute Gasteiger partial charge is 0.226 e. The fraction of sp³-hybridized carbons (Fsp3) is 0.188. The molecule has 0 spiro atoms. The predicted octanol–water partition coefficient (Wildman–Crippen LogP) is 3.73. The van der Waals surface area contributed by atoms with Crippen LogP contribution in [0.4, 0.5) is 5.95 Å². The van der Waals surface area contributed by atoms with Crippen LogP contribution in [-0.4, -0.2) is 35.6 Å². The van der Waals surface area contributed by atoms with Crippen LogP contribution in [0.3, 0.4) is 0 Å². The highest BCUT2D eigenvalue weighted by Crippen LogP contribution is 2.28. The molecule has 0 fully saturated rings. The van der Waals surface area contributed by atoms with E-state index in [-0.39, 0.29) is 5.78 Å². The average Bonchev–Trinajstić information content (AvgIpc) is 3.06. The summed E-state index contributed by atoms with van der Waals surface area (Å²) < 4.78 is 0. The van der Waals surface area contributed by atoms with Gasteiger partial charge in [-0.25, -0.2) is 9.97 Å². The lowest BCUT2D eigenvalue weighted by Gasteiger charge is -2.13. The first-order valence-corrected chi connectivity index (χ1v) is 8.65. The third-order valence-electron chi connectivity index (χ3n) is 3.09. The van der Waals surface area contributed by atoms with Crippen molar-refractivity contribution in [2.45, 2.75) is 5.03 Å². The van der Waals surface area contributed by atoms with Crippen molar-refractivity contribution in [1.82, 2.24) is 9.97 Å². The summed E-state index contributed by atoms with van der Waals surface area (Å²) in [5, 5.41) is 3.75. The van der Waals surface area contributed by atoms with Gasteiger partial charge < -0.3 is 4.90 Å². The maximum Gasteiger partial charge on any atom is 0.226 e. The number of carbonyl (C=O) groups is 1. The molecule has 0 aliphatic carbocycles. The van der Waals surface area contributed by atoms with Gasteiger partial charge in [0, 0.05) is 19.5 Å². The van der Waals surface area contributed by atoms with Gasteiger partial charge >= 0.3 is 0 Å². The Kier molecular flexibility index (Phi) is 4.40. The minimum absolute atomic E-state index is 0.133. The highest BCUT2D eigenvalue weighted by Gasteiger charge is 2.13. The molecular formula is C16H15N3OS2. The zero-order chi connectivity index (χ0) is 15.5. The molecule has 112 valence electrons. The molecule has 0 aliphatic rings. The number of hydrogen-bond acceptors (Lipinski definition) is 6. The maximum absolute atomic E-state index is 12.2. The lowest BCUT2D eigenvalue weighted by atomic mass is 10.2. The molecule has 0 unspecified atom stereocenters. The second-order valence-corrected chi connectivity index (χ2v) is 6.84. The van der Waals surface area contributed by atoms with Gasteiger partial charge in [-0.05, 0) is 17.5 Å². The summed E-state index contributed by atoms with van der Waals surface area (Å²) in [6, 6.07) is 11.6. The molecule has 0 radical (unpaired) electrons. The first kappa shape index (κ1) is 15.0. The van der Waals surface area contributed by atoms with Crippen molar-refractivity contribution in [3.05, 3.63) is 46.7 Å². The number of thioether (sulfide) groups is 1. The number of benzene rings is 1. The summed E-state index contributed by atoms with van der Waals surface area (Å²) in [7, 11) is 3.82. The first-order valence-electron chi connectivity index (χ1n) is 6.79. The van der Waals surface area contributed by atoms with E-state index in [1.807, 2.05) is 60.8 Å². The number of carbonyl (C=O) groups excluding carboxylic acids is 1. The molecule has 0 N–H and O–H groups in total. The standard InChI is InChI=1S/C16H15N3OS2/c1-19(2)16-17-12-7-4-3-6-11(12)15(18-16)22-10-13(20)14-8-5-9-21-14/h3-9H,10H2,1-2H3. The fourth-order valence-corrected chi connectivity index (χ4v) is 3.64. The van der Waals surface area contributed by atoms with Crippen LogP contribution in [0.25, 0.3) is 10.9 Å². The summed E-state index contributed by atoms with van der Waals surface area (Å²) in [6.45, 7) is 0. The average molecular weight is 329 g/mol. The molecule has 0 atom stereocenters. The van der Waals surface area contributed by atoms with E-state index in [2.05, 4.69) is 9.97 Å². The molecule has 3 aromatic rings. The van der Waals surface area contributed by atoms with Gasteiger partial charge in [0.05, 0.1) is 16.1 Å². The van der Waals surface area contributed by atoms with Crippen molar-refractivity contribution in [2.24, 2.45) is 0 Å². The minimum atomic E-state index is 0.133. The Hall–Kier alpha value is -1.92. The van der Waals surface area contributed by atoms with Crippen molar-refractivity contribution in [1.29, 1.82) is 0 Å². The number of ketones is 1. The molecule has 2 heterocycles. The largest absolute Gasteiger partial charge is 0.347 e. The van der Waals surface area contributed by atoms with Gasteiger partial charge in [0.25, 0.3) is 0 Å². The SMILES string of the molecule is CN(C)c1nc(SCC(=O)c2cccs2)c2ccccc2n1. The van der Waals surface area contributed by atoms with Gasteiger partial charge in [0.2, 0.25) is 5.95 Å². The number of thiophene rings is 1. The molecule has 0 bridgehead atoms. The quantitative estimate of drug-likeness (QED) is 0.405. The van der Waals surface area contributed by atoms with Gasteiger partial charge in [-0.15, -0.1) is 11.3 Å². The molecule has 0 saturated heterocycles. The van der Waals surface area contributed by atoms with Crippen LogP contribution in [0.1, 0.15) is 9.67 Å². The summed E-state index contributed by atoms with van der Waals surface area (Å²) >= 11 is 2.94. The van der Waals surface area contributed by atoms with Crippen molar-refractivity contribution in [2.75, 3.05) is 24.7 Å². The normalized spacial score (nSPS) is 10.8. The Morgan fingerprint density at radius 1 is 1.18 bits per heavy atom. The fourth-order valence-electron chi connectivity index (χ4n) is 1.99. The van der Waals surface area contributed by atoms with Crippen LogP contribution in [-0.2, 0) is 0 Å². The molecule has 0 aliphatic heterocycles. The van der Waals surface area contributed by atoms with Crippen LogP contribution in [0.15, 0.2) is 46.8 Å². The molecule has 22 heavy (non-hydrogen) atoms. The van der Waals surface area contributed by atoms with Crippen molar-refractivity contribution < 1.29 is 4.79 Å². The van der Waals surface area contributed by atoms with Gasteiger partial charge in [-0.2, -0.15) is 0 Å². The van der Waals surface area contributed by atoms with Crippen LogP contribution in [0, 0.1) is 0 Å². The van der Waals surface area contributed by atoms with Crippen LogP contribution < -0.4 is 4.90 Å². The summed E-state index contributed by atoms with van der Waals surface area (Å²) in [6.07, 6.45) is 0. The zero-order valence-corrected chi connectivity index (χ0v) is 13.9. The van der Waals surface area contributed by atoms with E-state index in [4.69, 9.17) is 0 Å². The number of Topliss-reactive ketones (excluding diaryl/α,β-unsaturated/α-hetero) is 1. The van der Waals surface area contributed by atoms with Crippen LogP contribution in [0.2, 0.25) is 0 Å². The predicted molar refractivity (Wildman–Crippen MR) is 93.2 cm³/mol. The number of anilines is 1. The highest BCUT2D eigenvalue weighted by atomic mass is 32.2. The third-order valence-corrected chi connectivity index (χ3v) is 4.99. The Bertz CT molecular complexity index is 800. The number of para-hydroxylation sites is 1. The van der Waals surface area contributed by atoms with E-state index < -0.39 is 0 Å². The van der Waals surface area contributed by atoms with Gasteiger partial charge in [0.1, 0.15) is 5.03 Å². The lowest BCUT2D eigenvalue weighted by Crippen LogP contribution is -2.13. The maximum atomic E-state index is 12.2. The Labute approximate surface area is 137 Å². The van der Waals surface area contributed by atoms with E-state index in [1.165, 1.54) is 23.1 Å². The monoisotopic (exact) mass is 329 g/mol. The van der Waals surface area contributed by atoms with Crippen molar-refractivity contribution in [3.63, 3.8) is 0 Å². The molecule has 0 amide bonds. The topological polar surface area (TPSA) is 46.1 Å². The first-order chi connectivity index (χ1) is 10.6. The molecule has 6 heteroatoms. The molecule has 1 aromatic carbocycles.